The summed E-state index contributed by atoms with van der Waals surface area (Å²) in [7, 11) is 0. The summed E-state index contributed by atoms with van der Waals surface area (Å²) in [5.74, 6) is 1.48. The monoisotopic (exact) mass is 301 g/mol. The van der Waals surface area contributed by atoms with Crippen LogP contribution in [-0.2, 0) is 13.0 Å². The van der Waals surface area contributed by atoms with Crippen molar-refractivity contribution in [1.82, 2.24) is 9.55 Å². The van der Waals surface area contributed by atoms with E-state index in [-0.39, 0.29) is 5.56 Å². The minimum atomic E-state index is -0.0841. The summed E-state index contributed by atoms with van der Waals surface area (Å²) in [6, 6.07) is 7.48. The summed E-state index contributed by atoms with van der Waals surface area (Å²) in [6.07, 6.45) is 4.36. The van der Waals surface area contributed by atoms with Gasteiger partial charge in [-0.2, -0.15) is 5.26 Å². The molecule has 0 N–H and O–H groups in total. The van der Waals surface area contributed by atoms with Crippen LogP contribution in [0.2, 0.25) is 5.02 Å². The first-order valence-corrected chi connectivity index (χ1v) is 7.63. The van der Waals surface area contributed by atoms with E-state index in [4.69, 9.17) is 16.9 Å². The average molecular weight is 302 g/mol. The summed E-state index contributed by atoms with van der Waals surface area (Å²) in [5.41, 5.74) is 0.582. The Balaban J connectivity index is 2.10. The number of unbranched alkanes of at least 4 members (excludes halogenated alkanes) is 1. The number of fused-ring (bicyclic) bond motifs is 1. The highest BCUT2D eigenvalue weighted by Gasteiger charge is 2.24. The molecule has 0 radical (unpaired) electrons. The average Bonchev–Trinajstić information content (AvgIpc) is 3.26. The quantitative estimate of drug-likeness (QED) is 0.796. The standard InChI is InChI=1S/C16H16ClN3O/c17-12-4-3-5-13-15(12)16(21)20(9-2-1-8-18)14(19-13)10-11-6-7-11/h3-5,11H,1-2,6-7,9-10H2. The number of nitriles is 1. The van der Waals surface area contributed by atoms with Crippen LogP contribution in [0.25, 0.3) is 10.9 Å². The van der Waals surface area contributed by atoms with E-state index >= 15 is 0 Å². The molecule has 2 aromatic rings. The Morgan fingerprint density at radius 1 is 1.43 bits per heavy atom. The van der Waals surface area contributed by atoms with Gasteiger partial charge in [-0.3, -0.25) is 9.36 Å². The van der Waals surface area contributed by atoms with Gasteiger partial charge in [-0.15, -0.1) is 0 Å². The second-order valence-corrected chi connectivity index (χ2v) is 5.94. The zero-order chi connectivity index (χ0) is 14.8. The molecule has 1 aromatic carbocycles. The van der Waals surface area contributed by atoms with E-state index in [1.807, 2.05) is 12.1 Å². The largest absolute Gasteiger partial charge is 0.296 e. The molecule has 5 heteroatoms. The van der Waals surface area contributed by atoms with Crippen molar-refractivity contribution in [3.05, 3.63) is 39.4 Å². The van der Waals surface area contributed by atoms with Crippen molar-refractivity contribution in [2.75, 3.05) is 0 Å². The third-order valence-electron chi connectivity index (χ3n) is 3.85. The third-order valence-corrected chi connectivity index (χ3v) is 4.17. The zero-order valence-electron chi connectivity index (χ0n) is 11.7. The molecule has 3 rings (SSSR count). The lowest BCUT2D eigenvalue weighted by Crippen LogP contribution is -2.26. The third kappa shape index (κ3) is 2.93. The van der Waals surface area contributed by atoms with Gasteiger partial charge in [0.1, 0.15) is 5.82 Å². The first kappa shape index (κ1) is 14.1. The predicted molar refractivity (Wildman–Crippen MR) is 82.3 cm³/mol. The number of rotatable bonds is 5. The van der Waals surface area contributed by atoms with Crippen molar-refractivity contribution >= 4 is 22.5 Å². The second-order valence-electron chi connectivity index (χ2n) is 5.53. The molecule has 0 atom stereocenters. The molecular weight excluding hydrogens is 286 g/mol. The topological polar surface area (TPSA) is 58.7 Å². The minimum absolute atomic E-state index is 0.0841. The molecule has 0 aliphatic heterocycles. The lowest BCUT2D eigenvalue weighted by molar-refractivity contribution is 0.575. The van der Waals surface area contributed by atoms with Crippen LogP contribution in [0.15, 0.2) is 23.0 Å². The molecule has 21 heavy (non-hydrogen) atoms. The summed E-state index contributed by atoms with van der Waals surface area (Å²) < 4.78 is 1.71. The Morgan fingerprint density at radius 3 is 2.95 bits per heavy atom. The van der Waals surface area contributed by atoms with Gasteiger partial charge in [0.2, 0.25) is 0 Å². The van der Waals surface area contributed by atoms with Gasteiger partial charge in [0.25, 0.3) is 5.56 Å². The maximum atomic E-state index is 12.7. The fraction of sp³-hybridized carbons (Fsp3) is 0.438. The van der Waals surface area contributed by atoms with Crippen molar-refractivity contribution in [2.24, 2.45) is 5.92 Å². The number of hydrogen-bond acceptors (Lipinski definition) is 3. The van der Waals surface area contributed by atoms with Crippen LogP contribution in [-0.4, -0.2) is 9.55 Å². The molecule has 4 nitrogen and oxygen atoms in total. The van der Waals surface area contributed by atoms with E-state index in [1.165, 1.54) is 12.8 Å². The summed E-state index contributed by atoms with van der Waals surface area (Å²) in [6.45, 7) is 0.530. The van der Waals surface area contributed by atoms with E-state index in [1.54, 1.807) is 10.6 Å². The summed E-state index contributed by atoms with van der Waals surface area (Å²) in [5, 5.41) is 9.60. The number of benzene rings is 1. The van der Waals surface area contributed by atoms with Gasteiger partial charge in [0.15, 0.2) is 0 Å². The Labute approximate surface area is 128 Å². The van der Waals surface area contributed by atoms with Crippen LogP contribution < -0.4 is 5.56 Å². The van der Waals surface area contributed by atoms with Crippen LogP contribution in [0.3, 0.4) is 0 Å². The highest BCUT2D eigenvalue weighted by molar-refractivity contribution is 6.35. The number of halogens is 1. The molecule has 108 valence electrons. The molecule has 0 amide bonds. The van der Waals surface area contributed by atoms with Crippen LogP contribution in [0, 0.1) is 17.2 Å². The Morgan fingerprint density at radius 2 is 2.24 bits per heavy atom. The molecule has 1 saturated carbocycles. The van der Waals surface area contributed by atoms with E-state index < -0.39 is 0 Å². The molecule has 0 saturated heterocycles. The highest BCUT2D eigenvalue weighted by Crippen LogP contribution is 2.32. The predicted octanol–water partition coefficient (Wildman–Crippen LogP) is 3.31. The lowest BCUT2D eigenvalue weighted by atomic mass is 10.2. The highest BCUT2D eigenvalue weighted by atomic mass is 35.5. The number of aromatic nitrogens is 2. The summed E-state index contributed by atoms with van der Waals surface area (Å²) in [4.78, 5) is 17.4. The molecule has 1 fully saturated rings. The van der Waals surface area contributed by atoms with Crippen molar-refractivity contribution in [1.29, 1.82) is 5.26 Å². The van der Waals surface area contributed by atoms with Gasteiger partial charge in [0.05, 0.1) is 22.0 Å². The summed E-state index contributed by atoms with van der Waals surface area (Å²) >= 11 is 6.16. The Kier molecular flexibility index (Phi) is 3.94. The fourth-order valence-corrected chi connectivity index (χ4v) is 2.80. The smallest absolute Gasteiger partial charge is 0.262 e. The SMILES string of the molecule is N#CCCCn1c(CC2CC2)nc2cccc(Cl)c2c1=O. The molecule has 1 aromatic heterocycles. The van der Waals surface area contributed by atoms with Gasteiger partial charge in [-0.1, -0.05) is 17.7 Å². The van der Waals surface area contributed by atoms with Gasteiger partial charge in [-0.25, -0.2) is 4.98 Å². The van der Waals surface area contributed by atoms with Crippen LogP contribution >= 0.6 is 11.6 Å². The molecule has 1 aliphatic carbocycles. The van der Waals surface area contributed by atoms with Crippen molar-refractivity contribution in [2.45, 2.75) is 38.6 Å². The molecule has 0 unspecified atom stereocenters. The van der Waals surface area contributed by atoms with Gasteiger partial charge >= 0.3 is 0 Å². The number of hydrogen-bond donors (Lipinski definition) is 0. The first-order chi connectivity index (χ1) is 10.2. The maximum Gasteiger partial charge on any atom is 0.262 e. The normalized spacial score (nSPS) is 14.3. The van der Waals surface area contributed by atoms with E-state index in [2.05, 4.69) is 11.1 Å². The minimum Gasteiger partial charge on any atom is -0.296 e. The second kappa shape index (κ2) is 5.87. The molecular formula is C16H16ClN3O. The molecule has 0 bridgehead atoms. The molecule has 1 aliphatic rings. The fourth-order valence-electron chi connectivity index (χ4n) is 2.55. The van der Waals surface area contributed by atoms with Crippen molar-refractivity contribution < 1.29 is 0 Å². The Bertz CT molecular complexity index is 771. The van der Waals surface area contributed by atoms with E-state index in [0.717, 1.165) is 12.2 Å². The Hall–Kier alpha value is -1.86. The first-order valence-electron chi connectivity index (χ1n) is 7.25. The van der Waals surface area contributed by atoms with Crippen LogP contribution in [0.4, 0.5) is 0 Å². The van der Waals surface area contributed by atoms with Gasteiger partial charge in [-0.05, 0) is 37.3 Å². The van der Waals surface area contributed by atoms with Gasteiger partial charge in [0, 0.05) is 19.4 Å². The number of nitrogens with zero attached hydrogens (tertiary/aromatic N) is 3. The van der Waals surface area contributed by atoms with E-state index in [0.29, 0.717) is 41.2 Å². The van der Waals surface area contributed by atoms with Gasteiger partial charge < -0.3 is 0 Å². The maximum absolute atomic E-state index is 12.7. The van der Waals surface area contributed by atoms with Crippen LogP contribution in [0.1, 0.15) is 31.5 Å². The zero-order valence-corrected chi connectivity index (χ0v) is 12.4. The van der Waals surface area contributed by atoms with Crippen molar-refractivity contribution in [3.8, 4) is 6.07 Å². The molecule has 1 heterocycles. The molecule has 0 spiro atoms. The van der Waals surface area contributed by atoms with Crippen molar-refractivity contribution in [3.63, 3.8) is 0 Å². The lowest BCUT2D eigenvalue weighted by Gasteiger charge is -2.13. The van der Waals surface area contributed by atoms with Crippen LogP contribution in [0.5, 0.6) is 0 Å². The van der Waals surface area contributed by atoms with E-state index in [9.17, 15) is 4.79 Å².